The molecule has 180 valence electrons. The summed E-state index contributed by atoms with van der Waals surface area (Å²) in [7, 11) is 7.58. The Hall–Kier alpha value is -4.34. The first-order valence-electron chi connectivity index (χ1n) is 9.72. The van der Waals surface area contributed by atoms with Gasteiger partial charge in [0.05, 0.1) is 42.7 Å². The lowest BCUT2D eigenvalue weighted by Crippen LogP contribution is -2.26. The Morgan fingerprint density at radius 1 is 0.500 bits per heavy atom. The van der Waals surface area contributed by atoms with Gasteiger partial charge in [-0.15, -0.1) is 0 Å². The highest BCUT2D eigenvalue weighted by atomic mass is 16.5. The second-order valence-electron chi connectivity index (χ2n) is 6.53. The van der Waals surface area contributed by atoms with Crippen molar-refractivity contribution < 1.29 is 47.6 Å². The summed E-state index contributed by atoms with van der Waals surface area (Å²) in [5.41, 5.74) is -1.72. The van der Waals surface area contributed by atoms with Crippen molar-refractivity contribution in [1.29, 1.82) is 0 Å². The van der Waals surface area contributed by atoms with Gasteiger partial charge < -0.3 is 28.4 Å². The summed E-state index contributed by atoms with van der Waals surface area (Å²) in [4.78, 5) is 52.1. The molecule has 2 rings (SSSR count). The summed E-state index contributed by atoms with van der Waals surface area (Å²) < 4.78 is 30.1. The average molecular weight is 472 g/mol. The molecule has 0 aliphatic carbocycles. The Bertz CT molecular complexity index is 1060. The normalized spacial score (nSPS) is 11.0. The third kappa shape index (κ3) is 5.17. The van der Waals surface area contributed by atoms with E-state index >= 15 is 0 Å². The van der Waals surface area contributed by atoms with Gasteiger partial charge in [-0.1, -0.05) is 0 Å². The zero-order valence-electron chi connectivity index (χ0n) is 19.5. The molecule has 0 fully saturated rings. The van der Waals surface area contributed by atoms with Crippen LogP contribution < -0.4 is 18.9 Å². The van der Waals surface area contributed by atoms with E-state index in [1.165, 1.54) is 64.8 Å². The third-order valence-corrected chi connectivity index (χ3v) is 4.77. The topological polar surface area (TPSA) is 124 Å². The van der Waals surface area contributed by atoms with E-state index in [0.717, 1.165) is 14.2 Å². The lowest BCUT2D eigenvalue weighted by Gasteiger charge is -2.14. The van der Waals surface area contributed by atoms with Crippen LogP contribution in [0.25, 0.3) is 0 Å². The van der Waals surface area contributed by atoms with Crippen molar-refractivity contribution >= 4 is 23.5 Å². The minimum absolute atomic E-state index is 0.0560. The molecule has 0 heterocycles. The van der Waals surface area contributed by atoms with Crippen molar-refractivity contribution in [2.75, 3.05) is 42.7 Å². The summed E-state index contributed by atoms with van der Waals surface area (Å²) in [5, 5.41) is 0. The molecule has 0 bridgehead atoms. The standard InChI is InChI=1S/C24H24O10/c1-29-15-9-7-13(11-17(15)31-3)21(25)19(23(27)33-5)20(24(28)34-6)22(26)14-8-10-16(30-2)18(12-14)32-4/h7-12H,1-6H3/b20-19+. The summed E-state index contributed by atoms with van der Waals surface area (Å²) in [6, 6.07) is 8.19. The lowest BCUT2D eigenvalue weighted by molar-refractivity contribution is -0.138. The largest absolute Gasteiger partial charge is 0.493 e. The molecule has 0 aromatic heterocycles. The van der Waals surface area contributed by atoms with Crippen LogP contribution in [0.4, 0.5) is 0 Å². The Labute approximate surface area is 196 Å². The highest BCUT2D eigenvalue weighted by Crippen LogP contribution is 2.31. The SMILES string of the molecule is COC(=O)/C(C(=O)c1ccc(OC)c(OC)c1)=C(/C(=O)OC)C(=O)c1ccc(OC)c(OC)c1. The molecule has 0 unspecified atom stereocenters. The van der Waals surface area contributed by atoms with Gasteiger partial charge >= 0.3 is 11.9 Å². The van der Waals surface area contributed by atoms with E-state index in [4.69, 9.17) is 28.4 Å². The molecule has 0 N–H and O–H groups in total. The van der Waals surface area contributed by atoms with Gasteiger partial charge in [0.15, 0.2) is 23.0 Å². The molecule has 0 aliphatic rings. The van der Waals surface area contributed by atoms with E-state index in [0.29, 0.717) is 11.5 Å². The summed E-state index contributed by atoms with van der Waals surface area (Å²) in [5.74, 6) is -3.26. The second kappa shape index (κ2) is 11.5. The number of hydrogen-bond acceptors (Lipinski definition) is 10. The van der Waals surface area contributed by atoms with E-state index in [1.54, 1.807) is 0 Å². The zero-order chi connectivity index (χ0) is 25.4. The first-order chi connectivity index (χ1) is 16.3. The van der Waals surface area contributed by atoms with E-state index in [9.17, 15) is 19.2 Å². The molecule has 0 spiro atoms. The van der Waals surface area contributed by atoms with Gasteiger partial charge in [0.2, 0.25) is 11.6 Å². The van der Waals surface area contributed by atoms with Crippen molar-refractivity contribution in [3.63, 3.8) is 0 Å². The molecule has 10 heteroatoms. The van der Waals surface area contributed by atoms with E-state index in [2.05, 4.69) is 0 Å². The van der Waals surface area contributed by atoms with Crippen molar-refractivity contribution in [3.05, 3.63) is 58.7 Å². The molecule has 2 aromatic rings. The average Bonchev–Trinajstić information content (AvgIpc) is 2.88. The first-order valence-corrected chi connectivity index (χ1v) is 9.72. The molecule has 0 amide bonds. The fourth-order valence-corrected chi connectivity index (χ4v) is 3.06. The smallest absolute Gasteiger partial charge is 0.342 e. The van der Waals surface area contributed by atoms with Gasteiger partial charge in [-0.3, -0.25) is 9.59 Å². The van der Waals surface area contributed by atoms with Crippen molar-refractivity contribution in [2.45, 2.75) is 0 Å². The minimum atomic E-state index is -1.20. The molecular formula is C24H24O10. The number of methoxy groups -OCH3 is 6. The van der Waals surface area contributed by atoms with Crippen LogP contribution in [0.3, 0.4) is 0 Å². The maximum Gasteiger partial charge on any atom is 0.342 e. The molecule has 0 atom stereocenters. The van der Waals surface area contributed by atoms with E-state index in [1.807, 2.05) is 0 Å². The quantitative estimate of drug-likeness (QED) is 0.167. The predicted molar refractivity (Wildman–Crippen MR) is 119 cm³/mol. The number of Topliss-reactive ketones (excluding diaryl/α,β-unsaturated/α-hetero) is 2. The summed E-state index contributed by atoms with van der Waals surface area (Å²) in [6.45, 7) is 0. The fourth-order valence-electron chi connectivity index (χ4n) is 3.06. The molecule has 10 nitrogen and oxygen atoms in total. The number of benzene rings is 2. The van der Waals surface area contributed by atoms with Crippen LogP contribution in [0, 0.1) is 0 Å². The minimum Gasteiger partial charge on any atom is -0.493 e. The molecule has 2 aromatic carbocycles. The molecule has 0 aliphatic heterocycles. The van der Waals surface area contributed by atoms with Crippen LogP contribution in [0.5, 0.6) is 23.0 Å². The molecule has 0 saturated heterocycles. The Morgan fingerprint density at radius 3 is 1.09 bits per heavy atom. The molecular weight excluding hydrogens is 448 g/mol. The molecule has 34 heavy (non-hydrogen) atoms. The Kier molecular flexibility index (Phi) is 8.77. The van der Waals surface area contributed by atoms with Crippen molar-refractivity contribution in [1.82, 2.24) is 0 Å². The Balaban J connectivity index is 2.77. The first kappa shape index (κ1) is 25.9. The van der Waals surface area contributed by atoms with Gasteiger partial charge in [0.25, 0.3) is 0 Å². The number of ketones is 2. The number of carbonyl (C=O) groups excluding carboxylic acids is 4. The Morgan fingerprint density at radius 2 is 0.824 bits per heavy atom. The molecule has 0 saturated carbocycles. The van der Waals surface area contributed by atoms with Crippen LogP contribution in [0.15, 0.2) is 47.5 Å². The predicted octanol–water partition coefficient (Wildman–Crippen LogP) is 2.43. The van der Waals surface area contributed by atoms with Gasteiger partial charge in [0.1, 0.15) is 11.1 Å². The summed E-state index contributed by atoms with van der Waals surface area (Å²) in [6.07, 6.45) is 0. The number of rotatable bonds is 10. The van der Waals surface area contributed by atoms with E-state index in [-0.39, 0.29) is 22.6 Å². The maximum absolute atomic E-state index is 13.4. The van der Waals surface area contributed by atoms with Crippen LogP contribution in [0.1, 0.15) is 20.7 Å². The highest BCUT2D eigenvalue weighted by molar-refractivity contribution is 6.36. The summed E-state index contributed by atoms with van der Waals surface area (Å²) >= 11 is 0. The van der Waals surface area contributed by atoms with Crippen molar-refractivity contribution in [3.8, 4) is 23.0 Å². The van der Waals surface area contributed by atoms with Gasteiger partial charge in [0, 0.05) is 11.1 Å². The third-order valence-electron chi connectivity index (χ3n) is 4.77. The number of carbonyl (C=O) groups is 4. The molecule has 0 radical (unpaired) electrons. The van der Waals surface area contributed by atoms with Crippen LogP contribution in [0.2, 0.25) is 0 Å². The van der Waals surface area contributed by atoms with Crippen LogP contribution >= 0.6 is 0 Å². The zero-order valence-corrected chi connectivity index (χ0v) is 19.5. The van der Waals surface area contributed by atoms with Gasteiger partial charge in [-0.05, 0) is 36.4 Å². The van der Waals surface area contributed by atoms with Crippen LogP contribution in [-0.4, -0.2) is 66.2 Å². The van der Waals surface area contributed by atoms with Gasteiger partial charge in [-0.25, -0.2) is 9.59 Å². The highest BCUT2D eigenvalue weighted by Gasteiger charge is 2.35. The lowest BCUT2D eigenvalue weighted by atomic mass is 9.92. The number of ether oxygens (including phenoxy) is 6. The maximum atomic E-state index is 13.4. The number of esters is 2. The fraction of sp³-hybridized carbons (Fsp3) is 0.250. The van der Waals surface area contributed by atoms with Crippen molar-refractivity contribution in [2.24, 2.45) is 0 Å². The van der Waals surface area contributed by atoms with Crippen LogP contribution in [-0.2, 0) is 19.1 Å². The van der Waals surface area contributed by atoms with Gasteiger partial charge in [-0.2, -0.15) is 0 Å². The monoisotopic (exact) mass is 472 g/mol. The second-order valence-corrected chi connectivity index (χ2v) is 6.53. The van der Waals surface area contributed by atoms with E-state index < -0.39 is 34.7 Å². The number of hydrogen-bond donors (Lipinski definition) is 0.